The lowest BCUT2D eigenvalue weighted by Crippen LogP contribution is -2.15. The molecular weight excluding hydrogens is 442 g/mol. The molecular formula is C23H34ClN7O2. The highest BCUT2D eigenvalue weighted by atomic mass is 35.5. The van der Waals surface area contributed by atoms with Crippen molar-refractivity contribution in [2.24, 2.45) is 10.8 Å². The van der Waals surface area contributed by atoms with Gasteiger partial charge in [0, 0.05) is 35.5 Å². The predicted molar refractivity (Wildman–Crippen MR) is 132 cm³/mol. The van der Waals surface area contributed by atoms with Gasteiger partial charge < -0.3 is 26.1 Å². The number of halogens is 1. The van der Waals surface area contributed by atoms with Crippen molar-refractivity contribution < 1.29 is 9.66 Å². The zero-order valence-corrected chi connectivity index (χ0v) is 20.5. The van der Waals surface area contributed by atoms with E-state index in [1.54, 1.807) is 12.3 Å². The third-order valence-corrected chi connectivity index (χ3v) is 5.28. The van der Waals surface area contributed by atoms with Crippen LogP contribution in [0, 0.1) is 5.21 Å². The van der Waals surface area contributed by atoms with Crippen LogP contribution >= 0.6 is 11.6 Å². The van der Waals surface area contributed by atoms with E-state index in [1.165, 1.54) is 52.5 Å². The molecule has 3 heterocycles. The summed E-state index contributed by atoms with van der Waals surface area (Å²) in [5.41, 5.74) is 6.93. The van der Waals surface area contributed by atoms with Gasteiger partial charge >= 0.3 is 0 Å². The average Bonchev–Trinajstić information content (AvgIpc) is 3.20. The van der Waals surface area contributed by atoms with Gasteiger partial charge in [-0.25, -0.2) is 4.98 Å². The number of azo groups is 1. The van der Waals surface area contributed by atoms with E-state index in [2.05, 4.69) is 44.9 Å². The van der Waals surface area contributed by atoms with Crippen LogP contribution in [-0.2, 0) is 4.79 Å². The number of hydrogen-bond acceptors (Lipinski definition) is 6. The fraction of sp³-hybridized carbons (Fsp3) is 0.478. The van der Waals surface area contributed by atoms with Crippen molar-refractivity contribution in [2.75, 3.05) is 12.4 Å². The van der Waals surface area contributed by atoms with Crippen molar-refractivity contribution in [3.05, 3.63) is 57.7 Å². The summed E-state index contributed by atoms with van der Waals surface area (Å²) in [6.45, 7) is 5.49. The van der Waals surface area contributed by atoms with E-state index in [1.807, 2.05) is 18.5 Å². The summed E-state index contributed by atoms with van der Waals surface area (Å²) in [7, 11) is 1.32. The number of anilines is 1. The van der Waals surface area contributed by atoms with Gasteiger partial charge in [0.2, 0.25) is 5.91 Å². The number of nitrogens with one attached hydrogen (secondary N) is 2. The molecule has 0 bridgehead atoms. The fourth-order valence-corrected chi connectivity index (χ4v) is 3.66. The van der Waals surface area contributed by atoms with Crippen molar-refractivity contribution in [3.63, 3.8) is 0 Å². The maximum atomic E-state index is 11.1. The van der Waals surface area contributed by atoms with E-state index in [4.69, 9.17) is 11.6 Å². The molecule has 4 N–H and O–H groups in total. The molecule has 3 aliphatic rings. The average molecular weight is 476 g/mol. The zero-order chi connectivity index (χ0) is 24.4. The van der Waals surface area contributed by atoms with Crippen molar-refractivity contribution in [1.29, 1.82) is 0 Å². The van der Waals surface area contributed by atoms with Crippen LogP contribution < -0.4 is 16.4 Å². The molecule has 1 amide bonds. The van der Waals surface area contributed by atoms with E-state index in [9.17, 15) is 10.0 Å². The zero-order valence-electron chi connectivity index (χ0n) is 19.8. The predicted octanol–water partition coefficient (Wildman–Crippen LogP) is 5.11. The number of fused-ring (bicyclic) bond motifs is 1. The molecule has 9 nitrogen and oxygen atoms in total. The van der Waals surface area contributed by atoms with Gasteiger partial charge in [-0.1, -0.05) is 55.0 Å². The number of carbonyl (C=O) groups excluding carboxylic acids is 1. The summed E-state index contributed by atoms with van der Waals surface area (Å²) in [5, 5.41) is 21.7. The van der Waals surface area contributed by atoms with Crippen LogP contribution in [0.25, 0.3) is 6.08 Å². The second-order valence-electron chi connectivity index (χ2n) is 8.23. The SMILES string of the molecule is C1CCCCC1.CC(C)n1cnc2c1N/C(=C1C=C(/N=[N+](\C)[O-])NC=C\1Cl)C=C2.CC(N)=O. The number of rotatable bonds is 2. The monoisotopic (exact) mass is 475 g/mol. The van der Waals surface area contributed by atoms with Crippen molar-refractivity contribution in [3.8, 4) is 0 Å². The summed E-state index contributed by atoms with van der Waals surface area (Å²) in [4.78, 5) is 14.1. The Morgan fingerprint density at radius 2 is 1.82 bits per heavy atom. The Bertz CT molecular complexity index is 963. The van der Waals surface area contributed by atoms with Crippen LogP contribution in [0.1, 0.15) is 71.0 Å². The van der Waals surface area contributed by atoms with E-state index in [0.717, 1.165) is 22.8 Å². The highest BCUT2D eigenvalue weighted by Gasteiger charge is 2.20. The first kappa shape index (κ1) is 26.2. The van der Waals surface area contributed by atoms with E-state index < -0.39 is 0 Å². The van der Waals surface area contributed by atoms with Crippen LogP contribution in [0.5, 0.6) is 0 Å². The molecule has 10 heteroatoms. The summed E-state index contributed by atoms with van der Waals surface area (Å²) < 4.78 is 2.05. The number of hydrogen-bond donors (Lipinski definition) is 3. The van der Waals surface area contributed by atoms with Crippen LogP contribution in [0.4, 0.5) is 5.82 Å². The quantitative estimate of drug-likeness (QED) is 0.311. The molecule has 0 saturated heterocycles. The molecule has 1 aromatic heterocycles. The standard InChI is InChI=1S/C15H17ClN6O.C6H12.C2H5NO/c1-9(2)22-8-18-13-5-4-12(19-15(13)22)10-6-14(20-21(3)23)17-7-11(10)16;1-2-4-6-5-3-1;1-2(3)4/h4-9,17,19H,1-3H3;1-6H2;1H3,(H2,3,4)/b12-10+,21-20+;;. The number of nitrogens with two attached hydrogens (primary N) is 1. The molecule has 0 atom stereocenters. The lowest BCUT2D eigenvalue weighted by atomic mass is 10.0. The first-order valence-corrected chi connectivity index (χ1v) is 11.6. The Morgan fingerprint density at radius 3 is 2.33 bits per heavy atom. The van der Waals surface area contributed by atoms with Crippen LogP contribution in [0.15, 0.2) is 51.9 Å². The topological polar surface area (TPSA) is 123 Å². The van der Waals surface area contributed by atoms with Gasteiger partial charge in [0.15, 0.2) is 12.9 Å². The molecule has 1 saturated carbocycles. The third-order valence-electron chi connectivity index (χ3n) is 4.96. The minimum atomic E-state index is -0.333. The Balaban J connectivity index is 0.000000320. The van der Waals surface area contributed by atoms with Gasteiger partial charge in [0.05, 0.1) is 11.4 Å². The minimum Gasteiger partial charge on any atom is -0.600 e. The largest absolute Gasteiger partial charge is 0.600 e. The smallest absolute Gasteiger partial charge is 0.214 e. The molecule has 0 spiro atoms. The first-order valence-electron chi connectivity index (χ1n) is 11.2. The fourth-order valence-electron chi connectivity index (χ4n) is 3.45. The molecule has 0 aromatic carbocycles. The second-order valence-corrected chi connectivity index (χ2v) is 8.63. The molecule has 1 fully saturated rings. The Kier molecular flexibility index (Phi) is 10.2. The molecule has 0 radical (unpaired) electrons. The Morgan fingerprint density at radius 1 is 1.24 bits per heavy atom. The lowest BCUT2D eigenvalue weighted by molar-refractivity contribution is -0.496. The third kappa shape index (κ3) is 8.42. The molecule has 4 rings (SSSR count). The summed E-state index contributed by atoms with van der Waals surface area (Å²) in [6, 6.07) is 0.283. The lowest BCUT2D eigenvalue weighted by Gasteiger charge is -2.20. The summed E-state index contributed by atoms with van der Waals surface area (Å²) in [5.74, 6) is 1.01. The molecule has 1 aromatic rings. The van der Waals surface area contributed by atoms with Gasteiger partial charge in [0.25, 0.3) is 0 Å². The Labute approximate surface area is 200 Å². The Hall–Kier alpha value is -3.07. The summed E-state index contributed by atoms with van der Waals surface area (Å²) >= 11 is 6.29. The number of aromatic nitrogens is 2. The van der Waals surface area contributed by atoms with Crippen LogP contribution in [-0.4, -0.2) is 27.4 Å². The van der Waals surface area contributed by atoms with Gasteiger partial charge in [-0.15, -0.1) is 0 Å². The van der Waals surface area contributed by atoms with Gasteiger partial charge in [-0.2, -0.15) is 0 Å². The molecule has 180 valence electrons. The van der Waals surface area contributed by atoms with E-state index in [0.29, 0.717) is 15.7 Å². The number of nitrogens with zero attached hydrogens (tertiary/aromatic N) is 4. The normalized spacial score (nSPS) is 19.5. The number of primary amides is 1. The maximum absolute atomic E-state index is 11.1. The number of imidazole rings is 1. The maximum Gasteiger partial charge on any atom is 0.214 e. The molecule has 2 aliphatic heterocycles. The van der Waals surface area contributed by atoms with Crippen LogP contribution in [0.3, 0.4) is 0 Å². The van der Waals surface area contributed by atoms with Crippen LogP contribution in [0.2, 0.25) is 0 Å². The minimum absolute atomic E-state index is 0.283. The number of hydroxylamine groups is 1. The second kappa shape index (κ2) is 12.8. The van der Waals surface area contributed by atoms with E-state index >= 15 is 0 Å². The molecule has 1 aliphatic carbocycles. The number of carbonyl (C=O) groups is 1. The van der Waals surface area contributed by atoms with Crippen molar-refractivity contribution >= 4 is 29.4 Å². The van der Waals surface area contributed by atoms with Gasteiger partial charge in [-0.3, -0.25) is 4.79 Å². The number of allylic oxidation sites excluding steroid dienone is 4. The summed E-state index contributed by atoms with van der Waals surface area (Å²) in [6.07, 6.45) is 18.0. The highest BCUT2D eigenvalue weighted by molar-refractivity contribution is 6.32. The van der Waals surface area contributed by atoms with Gasteiger partial charge in [0.1, 0.15) is 11.5 Å². The molecule has 0 unspecified atom stereocenters. The van der Waals surface area contributed by atoms with E-state index in [-0.39, 0.29) is 11.9 Å². The number of dihydropyridines is 1. The highest BCUT2D eigenvalue weighted by Crippen LogP contribution is 2.32. The van der Waals surface area contributed by atoms with Gasteiger partial charge in [-0.05, 0) is 32.1 Å². The van der Waals surface area contributed by atoms with Crippen molar-refractivity contribution in [2.45, 2.75) is 65.3 Å². The number of amides is 1. The molecule has 33 heavy (non-hydrogen) atoms. The van der Waals surface area contributed by atoms with Crippen molar-refractivity contribution in [1.82, 2.24) is 14.9 Å². The first-order chi connectivity index (χ1) is 15.7.